The van der Waals surface area contributed by atoms with Gasteiger partial charge in [0.25, 0.3) is 5.91 Å². The maximum absolute atomic E-state index is 12.5. The Morgan fingerprint density at radius 2 is 1.75 bits per heavy atom. The zero-order valence-electron chi connectivity index (χ0n) is 18.6. The number of carbonyl (C=O) groups is 2. The second kappa shape index (κ2) is 11.6. The molecule has 0 radical (unpaired) electrons. The molecule has 12 heteroatoms. The summed E-state index contributed by atoms with van der Waals surface area (Å²) in [4.78, 5) is 26.2. The van der Waals surface area contributed by atoms with E-state index >= 15 is 0 Å². The Morgan fingerprint density at radius 3 is 2.28 bits per heavy atom. The van der Waals surface area contributed by atoms with E-state index in [0.29, 0.717) is 24.5 Å². The molecule has 0 aliphatic carbocycles. The number of carboxylic acid groups (broad SMARTS) is 1. The van der Waals surface area contributed by atoms with Gasteiger partial charge in [0.05, 0.1) is 19.5 Å². The van der Waals surface area contributed by atoms with E-state index in [4.69, 9.17) is 14.2 Å². The molecule has 0 saturated carbocycles. The molecule has 1 fully saturated rings. The molecule has 0 aromatic heterocycles. The molecule has 1 aromatic rings. The number of ether oxygens (including phenoxy) is 3. The molecule has 1 aliphatic heterocycles. The van der Waals surface area contributed by atoms with Gasteiger partial charge in [0.2, 0.25) is 10.0 Å². The molecule has 1 heterocycles. The Labute approximate surface area is 188 Å². The molecule has 32 heavy (non-hydrogen) atoms. The Morgan fingerprint density at radius 1 is 1.12 bits per heavy atom. The zero-order chi connectivity index (χ0) is 23.8. The fourth-order valence-electron chi connectivity index (χ4n) is 3.20. The van der Waals surface area contributed by atoms with Crippen molar-refractivity contribution in [2.45, 2.75) is 12.5 Å². The molecule has 180 valence electrons. The number of sulfonamides is 1. The van der Waals surface area contributed by atoms with Gasteiger partial charge in [-0.15, -0.1) is 0 Å². The standard InChI is InChI=1S/C20H31N3O8S/c1-20(19(25)26,22-8-10-23(11-9-22)32(3,27)28)14-21-18(24)16-4-6-17(7-5-16)31-15-30-13-12-29-2/h4-7H,8-15H2,1-3H3,(H,21,24)(H,25,26)/t20-/m0/s1. The summed E-state index contributed by atoms with van der Waals surface area (Å²) in [7, 11) is -1.75. The van der Waals surface area contributed by atoms with Crippen molar-refractivity contribution in [1.82, 2.24) is 14.5 Å². The van der Waals surface area contributed by atoms with Crippen molar-refractivity contribution in [2.24, 2.45) is 0 Å². The molecule has 1 amide bonds. The van der Waals surface area contributed by atoms with Crippen LogP contribution in [0.2, 0.25) is 0 Å². The van der Waals surface area contributed by atoms with Crippen LogP contribution in [0.3, 0.4) is 0 Å². The lowest BCUT2D eigenvalue weighted by molar-refractivity contribution is -0.151. The topological polar surface area (TPSA) is 135 Å². The highest BCUT2D eigenvalue weighted by Crippen LogP contribution is 2.19. The van der Waals surface area contributed by atoms with Gasteiger partial charge in [-0.1, -0.05) is 0 Å². The number of nitrogens with one attached hydrogen (secondary N) is 1. The van der Waals surface area contributed by atoms with Crippen LogP contribution in [0, 0.1) is 0 Å². The minimum Gasteiger partial charge on any atom is -0.480 e. The predicted molar refractivity (Wildman–Crippen MR) is 116 cm³/mol. The van der Waals surface area contributed by atoms with Crippen LogP contribution in [0.15, 0.2) is 24.3 Å². The summed E-state index contributed by atoms with van der Waals surface area (Å²) >= 11 is 0. The molecule has 1 aliphatic rings. The number of hydrogen-bond acceptors (Lipinski definition) is 8. The Hall–Kier alpha value is -2.25. The molecule has 0 spiro atoms. The number of nitrogens with zero attached hydrogens (tertiary/aromatic N) is 2. The summed E-state index contributed by atoms with van der Waals surface area (Å²) in [6, 6.07) is 6.39. The SMILES string of the molecule is COCCOCOc1ccc(C(=O)NC[C@@](C)(C(=O)O)N2CCN(S(C)(=O)=O)CC2)cc1. The van der Waals surface area contributed by atoms with Crippen LogP contribution in [0.1, 0.15) is 17.3 Å². The molecule has 1 saturated heterocycles. The van der Waals surface area contributed by atoms with E-state index in [1.54, 1.807) is 36.3 Å². The third-order valence-corrected chi connectivity index (χ3v) is 6.62. The number of methoxy groups -OCH3 is 1. The molecule has 11 nitrogen and oxygen atoms in total. The summed E-state index contributed by atoms with van der Waals surface area (Å²) in [5, 5.41) is 12.5. The first-order valence-corrected chi connectivity index (χ1v) is 11.9. The second-order valence-electron chi connectivity index (χ2n) is 7.60. The molecule has 0 bridgehead atoms. The first-order chi connectivity index (χ1) is 15.1. The van der Waals surface area contributed by atoms with Crippen molar-refractivity contribution < 1.29 is 37.3 Å². The number of carboxylic acids is 1. The minimum absolute atomic E-state index is 0.0540. The Balaban J connectivity index is 1.90. The number of rotatable bonds is 12. The first-order valence-electron chi connectivity index (χ1n) is 10.1. The van der Waals surface area contributed by atoms with E-state index in [-0.39, 0.29) is 39.5 Å². The van der Waals surface area contributed by atoms with Crippen LogP contribution in [0.5, 0.6) is 5.75 Å². The van der Waals surface area contributed by atoms with Gasteiger partial charge in [-0.25, -0.2) is 8.42 Å². The molecule has 2 N–H and O–H groups in total. The van der Waals surface area contributed by atoms with Gasteiger partial charge >= 0.3 is 5.97 Å². The fourth-order valence-corrected chi connectivity index (χ4v) is 4.03. The van der Waals surface area contributed by atoms with Crippen LogP contribution in [0.4, 0.5) is 0 Å². The quantitative estimate of drug-likeness (QED) is 0.313. The summed E-state index contributed by atoms with van der Waals surface area (Å²) in [5.41, 5.74) is -1.02. The van der Waals surface area contributed by atoms with Gasteiger partial charge in [0.15, 0.2) is 6.79 Å². The van der Waals surface area contributed by atoms with Gasteiger partial charge in [-0.2, -0.15) is 4.31 Å². The van der Waals surface area contributed by atoms with Crippen molar-refractivity contribution in [2.75, 3.05) is 66.1 Å². The molecule has 2 rings (SSSR count). The van der Waals surface area contributed by atoms with Crippen molar-refractivity contribution in [3.05, 3.63) is 29.8 Å². The summed E-state index contributed by atoms with van der Waals surface area (Å²) in [6.07, 6.45) is 1.13. The van der Waals surface area contributed by atoms with Crippen LogP contribution >= 0.6 is 0 Å². The molecule has 1 atom stereocenters. The van der Waals surface area contributed by atoms with E-state index < -0.39 is 27.4 Å². The largest absolute Gasteiger partial charge is 0.480 e. The van der Waals surface area contributed by atoms with E-state index in [9.17, 15) is 23.1 Å². The van der Waals surface area contributed by atoms with Crippen molar-refractivity contribution in [3.8, 4) is 5.75 Å². The number of amides is 1. The minimum atomic E-state index is -3.32. The number of piperazine rings is 1. The summed E-state index contributed by atoms with van der Waals surface area (Å²) < 4.78 is 40.2. The lowest BCUT2D eigenvalue weighted by atomic mass is 9.98. The van der Waals surface area contributed by atoms with Crippen LogP contribution in [-0.4, -0.2) is 106 Å². The summed E-state index contributed by atoms with van der Waals surface area (Å²) in [5.74, 6) is -0.990. The monoisotopic (exact) mass is 473 g/mol. The van der Waals surface area contributed by atoms with Gasteiger partial charge < -0.3 is 24.6 Å². The molecule has 0 unspecified atom stereocenters. The maximum Gasteiger partial charge on any atom is 0.325 e. The highest BCUT2D eigenvalue weighted by atomic mass is 32.2. The first kappa shape index (κ1) is 26.0. The molecular formula is C20H31N3O8S. The highest BCUT2D eigenvalue weighted by molar-refractivity contribution is 7.88. The van der Waals surface area contributed by atoms with Crippen molar-refractivity contribution in [3.63, 3.8) is 0 Å². The van der Waals surface area contributed by atoms with E-state index in [0.717, 1.165) is 6.26 Å². The predicted octanol–water partition coefficient (Wildman–Crippen LogP) is -0.164. The maximum atomic E-state index is 12.5. The summed E-state index contributed by atoms with van der Waals surface area (Å²) in [6.45, 7) is 3.22. The van der Waals surface area contributed by atoms with E-state index in [1.165, 1.54) is 11.2 Å². The number of carbonyl (C=O) groups excluding carboxylic acids is 1. The van der Waals surface area contributed by atoms with E-state index in [2.05, 4.69) is 5.32 Å². The third kappa shape index (κ3) is 7.14. The highest BCUT2D eigenvalue weighted by Gasteiger charge is 2.42. The number of benzene rings is 1. The zero-order valence-corrected chi connectivity index (χ0v) is 19.4. The Bertz CT molecular complexity index is 869. The van der Waals surface area contributed by atoms with Gasteiger partial charge in [0, 0.05) is 45.4 Å². The fraction of sp³-hybridized carbons (Fsp3) is 0.600. The average Bonchev–Trinajstić information content (AvgIpc) is 2.77. The van der Waals surface area contributed by atoms with Crippen molar-refractivity contribution in [1.29, 1.82) is 0 Å². The lowest BCUT2D eigenvalue weighted by Crippen LogP contribution is -2.63. The Kier molecular flexibility index (Phi) is 9.40. The number of aliphatic carboxylic acids is 1. The van der Waals surface area contributed by atoms with Crippen molar-refractivity contribution >= 4 is 21.9 Å². The van der Waals surface area contributed by atoms with Gasteiger partial charge in [-0.3, -0.25) is 14.5 Å². The van der Waals surface area contributed by atoms with Crippen LogP contribution in [-0.2, 0) is 24.3 Å². The number of hydrogen-bond donors (Lipinski definition) is 2. The van der Waals surface area contributed by atoms with Crippen LogP contribution in [0.25, 0.3) is 0 Å². The molecular weight excluding hydrogens is 442 g/mol. The third-order valence-electron chi connectivity index (χ3n) is 5.32. The van der Waals surface area contributed by atoms with Gasteiger partial charge in [-0.05, 0) is 31.2 Å². The van der Waals surface area contributed by atoms with E-state index in [1.807, 2.05) is 0 Å². The van der Waals surface area contributed by atoms with Crippen LogP contribution < -0.4 is 10.1 Å². The molecule has 1 aromatic carbocycles. The average molecular weight is 474 g/mol. The second-order valence-corrected chi connectivity index (χ2v) is 9.58. The lowest BCUT2D eigenvalue weighted by Gasteiger charge is -2.42. The smallest absolute Gasteiger partial charge is 0.325 e. The normalized spacial score (nSPS) is 17.5. The van der Waals surface area contributed by atoms with Gasteiger partial charge in [0.1, 0.15) is 11.3 Å².